The molecule has 0 spiro atoms. The van der Waals surface area contributed by atoms with Crippen molar-refractivity contribution in [1.29, 1.82) is 0 Å². The Labute approximate surface area is 168 Å². The minimum Gasteiger partial charge on any atom is -0.493 e. The van der Waals surface area contributed by atoms with Gasteiger partial charge in [-0.15, -0.1) is 0 Å². The van der Waals surface area contributed by atoms with Crippen molar-refractivity contribution >= 4 is 15.7 Å². The van der Waals surface area contributed by atoms with Crippen LogP contribution in [-0.2, 0) is 21.2 Å². The fraction of sp³-hybridized carbons (Fsp3) is 0.421. The number of benzene rings is 1. The molecule has 0 N–H and O–H groups in total. The molecule has 0 unspecified atom stereocenters. The Morgan fingerprint density at radius 2 is 1.93 bits per heavy atom. The maximum Gasteiger partial charge on any atom is 0.267 e. The summed E-state index contributed by atoms with van der Waals surface area (Å²) >= 11 is 0. The number of amides is 1. The van der Waals surface area contributed by atoms with E-state index in [-0.39, 0.29) is 30.0 Å². The zero-order chi connectivity index (χ0) is 21.2. The number of rotatable bonds is 6. The second-order valence-electron chi connectivity index (χ2n) is 6.85. The van der Waals surface area contributed by atoms with Gasteiger partial charge in [-0.2, -0.15) is 5.10 Å². The van der Waals surface area contributed by atoms with Crippen LogP contribution in [0.1, 0.15) is 6.42 Å². The summed E-state index contributed by atoms with van der Waals surface area (Å²) in [6, 6.07) is 7.76. The van der Waals surface area contributed by atoms with E-state index in [2.05, 4.69) is 5.10 Å². The number of carbonyl (C=O) groups excluding carboxylic acids is 1. The van der Waals surface area contributed by atoms with E-state index in [9.17, 15) is 18.0 Å². The molecule has 10 heteroatoms. The first-order valence-electron chi connectivity index (χ1n) is 9.00. The molecule has 1 fully saturated rings. The molecule has 1 saturated heterocycles. The van der Waals surface area contributed by atoms with Crippen LogP contribution in [0.5, 0.6) is 11.5 Å². The van der Waals surface area contributed by atoms with Gasteiger partial charge in [-0.05, 0) is 30.7 Å². The van der Waals surface area contributed by atoms with Gasteiger partial charge in [0, 0.05) is 24.7 Å². The zero-order valence-electron chi connectivity index (χ0n) is 16.5. The van der Waals surface area contributed by atoms with Gasteiger partial charge < -0.3 is 14.4 Å². The lowest BCUT2D eigenvalue weighted by molar-refractivity contribution is -0.132. The lowest BCUT2D eigenvalue weighted by Crippen LogP contribution is -2.41. The molecule has 156 valence electrons. The van der Waals surface area contributed by atoms with Gasteiger partial charge in [-0.1, -0.05) is 0 Å². The lowest BCUT2D eigenvalue weighted by Gasteiger charge is -2.23. The van der Waals surface area contributed by atoms with Crippen molar-refractivity contribution < 1.29 is 22.7 Å². The molecule has 0 saturated carbocycles. The maximum absolute atomic E-state index is 12.6. The van der Waals surface area contributed by atoms with E-state index in [0.29, 0.717) is 29.2 Å². The van der Waals surface area contributed by atoms with Gasteiger partial charge in [-0.3, -0.25) is 9.59 Å². The Hall–Kier alpha value is -2.88. The molecule has 1 atom stereocenters. The summed E-state index contributed by atoms with van der Waals surface area (Å²) in [4.78, 5) is 26.2. The van der Waals surface area contributed by atoms with Gasteiger partial charge in [0.25, 0.3) is 5.56 Å². The maximum atomic E-state index is 12.6. The van der Waals surface area contributed by atoms with Crippen LogP contribution < -0.4 is 15.0 Å². The first-order valence-corrected chi connectivity index (χ1v) is 10.8. The van der Waals surface area contributed by atoms with Gasteiger partial charge in [0.05, 0.1) is 31.4 Å². The normalized spacial score (nSPS) is 17.7. The highest BCUT2D eigenvalue weighted by molar-refractivity contribution is 7.91. The average molecular weight is 421 g/mol. The minimum absolute atomic E-state index is 0.0523. The van der Waals surface area contributed by atoms with Crippen molar-refractivity contribution in [3.63, 3.8) is 0 Å². The second-order valence-corrected chi connectivity index (χ2v) is 9.07. The Balaban J connectivity index is 1.82. The monoisotopic (exact) mass is 421 g/mol. The molecule has 2 aromatic rings. The molecule has 1 aliphatic rings. The number of nitrogens with zero attached hydrogens (tertiary/aromatic N) is 3. The Morgan fingerprint density at radius 1 is 1.21 bits per heavy atom. The van der Waals surface area contributed by atoms with Gasteiger partial charge in [0.2, 0.25) is 5.91 Å². The van der Waals surface area contributed by atoms with Crippen molar-refractivity contribution in [3.05, 3.63) is 40.7 Å². The highest BCUT2D eigenvalue weighted by Crippen LogP contribution is 2.31. The fourth-order valence-electron chi connectivity index (χ4n) is 3.24. The number of likely N-dealkylation sites (N-methyl/N-ethyl adjacent to an activating group) is 1. The van der Waals surface area contributed by atoms with E-state index in [0.717, 1.165) is 4.68 Å². The Morgan fingerprint density at radius 3 is 2.55 bits per heavy atom. The van der Waals surface area contributed by atoms with Crippen LogP contribution in [0.4, 0.5) is 0 Å². The van der Waals surface area contributed by atoms with E-state index in [1.165, 1.54) is 25.2 Å². The number of aromatic nitrogens is 2. The summed E-state index contributed by atoms with van der Waals surface area (Å²) in [5.74, 6) is 0.729. The first-order chi connectivity index (χ1) is 13.7. The standard InChI is InChI=1S/C19H23N3O6S/c1-21(14-8-9-29(25,26)12-14)19(24)11-22-18(23)7-5-15(20-22)13-4-6-16(27-2)17(10-13)28-3/h4-7,10,14H,8-9,11-12H2,1-3H3/t14-/m0/s1. The average Bonchev–Trinajstić information content (AvgIpc) is 3.08. The summed E-state index contributed by atoms with van der Waals surface area (Å²) in [5.41, 5.74) is 0.763. The van der Waals surface area contributed by atoms with Crippen molar-refractivity contribution in [2.24, 2.45) is 0 Å². The minimum atomic E-state index is -3.11. The third-order valence-corrected chi connectivity index (χ3v) is 6.73. The summed E-state index contributed by atoms with van der Waals surface area (Å²) < 4.78 is 34.9. The molecule has 3 rings (SSSR count). The highest BCUT2D eigenvalue weighted by atomic mass is 32.2. The molecular weight excluding hydrogens is 398 g/mol. The molecule has 0 radical (unpaired) electrons. The molecular formula is C19H23N3O6S. The number of ether oxygens (including phenoxy) is 2. The molecule has 1 aliphatic heterocycles. The molecule has 0 aliphatic carbocycles. The zero-order valence-corrected chi connectivity index (χ0v) is 17.3. The molecule has 2 heterocycles. The van der Waals surface area contributed by atoms with Crippen LogP contribution in [0.3, 0.4) is 0 Å². The molecule has 0 bridgehead atoms. The van der Waals surface area contributed by atoms with Crippen molar-refractivity contribution in [1.82, 2.24) is 14.7 Å². The quantitative estimate of drug-likeness (QED) is 0.671. The van der Waals surface area contributed by atoms with Crippen molar-refractivity contribution in [3.8, 4) is 22.8 Å². The number of hydrogen-bond acceptors (Lipinski definition) is 7. The predicted octanol–water partition coefficient (Wildman–Crippen LogP) is 0.573. The Kier molecular flexibility index (Phi) is 5.92. The molecule has 1 aromatic heterocycles. The van der Waals surface area contributed by atoms with Gasteiger partial charge >= 0.3 is 0 Å². The largest absolute Gasteiger partial charge is 0.493 e. The van der Waals surface area contributed by atoms with Crippen LogP contribution in [0.2, 0.25) is 0 Å². The smallest absolute Gasteiger partial charge is 0.267 e. The van der Waals surface area contributed by atoms with Gasteiger partial charge in [0.15, 0.2) is 21.3 Å². The van der Waals surface area contributed by atoms with Crippen LogP contribution >= 0.6 is 0 Å². The summed E-state index contributed by atoms with van der Waals surface area (Å²) in [7, 11) is 1.50. The summed E-state index contributed by atoms with van der Waals surface area (Å²) in [6.45, 7) is -0.271. The number of sulfone groups is 1. The fourth-order valence-corrected chi connectivity index (χ4v) is 5.01. The lowest BCUT2D eigenvalue weighted by atomic mass is 10.1. The van der Waals surface area contributed by atoms with Crippen LogP contribution in [0, 0.1) is 0 Å². The topological polar surface area (TPSA) is 108 Å². The number of hydrogen-bond donors (Lipinski definition) is 0. The van der Waals surface area contributed by atoms with Crippen LogP contribution in [0.15, 0.2) is 35.1 Å². The van der Waals surface area contributed by atoms with Gasteiger partial charge in [0.1, 0.15) is 6.54 Å². The van der Waals surface area contributed by atoms with Crippen LogP contribution in [0.25, 0.3) is 11.3 Å². The Bertz CT molecular complexity index is 1080. The van der Waals surface area contributed by atoms with Crippen LogP contribution in [-0.4, -0.2) is 67.8 Å². The summed E-state index contributed by atoms with van der Waals surface area (Å²) in [6.07, 6.45) is 0.401. The highest BCUT2D eigenvalue weighted by Gasteiger charge is 2.32. The van der Waals surface area contributed by atoms with E-state index in [1.54, 1.807) is 31.3 Å². The molecule has 1 amide bonds. The predicted molar refractivity (Wildman–Crippen MR) is 107 cm³/mol. The number of methoxy groups -OCH3 is 2. The second kappa shape index (κ2) is 8.24. The SMILES string of the molecule is COc1ccc(-c2ccc(=O)n(CC(=O)N(C)[C@H]3CCS(=O)(=O)C3)n2)cc1OC. The van der Waals surface area contributed by atoms with Crippen molar-refractivity contribution in [2.75, 3.05) is 32.8 Å². The number of carbonyl (C=O) groups is 1. The van der Waals surface area contributed by atoms with Crippen molar-refractivity contribution in [2.45, 2.75) is 19.0 Å². The van der Waals surface area contributed by atoms with E-state index >= 15 is 0 Å². The molecule has 9 nitrogen and oxygen atoms in total. The van der Waals surface area contributed by atoms with Gasteiger partial charge in [-0.25, -0.2) is 13.1 Å². The molecule has 29 heavy (non-hydrogen) atoms. The molecule has 1 aromatic carbocycles. The summed E-state index contributed by atoms with van der Waals surface area (Å²) in [5, 5.41) is 4.29. The van der Waals surface area contributed by atoms with E-state index in [1.807, 2.05) is 0 Å². The van der Waals surface area contributed by atoms with E-state index in [4.69, 9.17) is 9.47 Å². The van der Waals surface area contributed by atoms with E-state index < -0.39 is 15.4 Å². The third-order valence-electron chi connectivity index (χ3n) is 4.98. The first kappa shape index (κ1) is 20.8. The third kappa shape index (κ3) is 4.58.